The fraction of sp³-hybridized carbons (Fsp3) is 0.500. The van der Waals surface area contributed by atoms with Crippen LogP contribution in [0.2, 0.25) is 0 Å². The lowest BCUT2D eigenvalue weighted by Crippen LogP contribution is -2.42. The minimum absolute atomic E-state index is 0.137. The van der Waals surface area contributed by atoms with E-state index in [-0.39, 0.29) is 6.10 Å². The molecule has 0 spiro atoms. The Kier molecular flexibility index (Phi) is 3.64. The summed E-state index contributed by atoms with van der Waals surface area (Å²) in [5, 5.41) is 0. The van der Waals surface area contributed by atoms with E-state index in [9.17, 15) is 0 Å². The van der Waals surface area contributed by atoms with E-state index < -0.39 is 0 Å². The molecule has 1 unspecified atom stereocenters. The van der Waals surface area contributed by atoms with Crippen molar-refractivity contribution in [3.05, 3.63) is 24.3 Å². The van der Waals surface area contributed by atoms with E-state index in [4.69, 9.17) is 15.2 Å². The molecular weight excluding hydrogens is 204 g/mol. The third-order valence-corrected chi connectivity index (χ3v) is 2.69. The Balaban J connectivity index is 1.85. The summed E-state index contributed by atoms with van der Waals surface area (Å²) >= 11 is 0. The molecule has 0 aliphatic carbocycles. The van der Waals surface area contributed by atoms with E-state index in [0.717, 1.165) is 25.4 Å². The van der Waals surface area contributed by atoms with Gasteiger partial charge in [-0.05, 0) is 19.2 Å². The molecule has 1 heterocycles. The number of nitrogens with zero attached hydrogens (tertiary/aromatic N) is 1. The summed E-state index contributed by atoms with van der Waals surface area (Å²) in [4.78, 5) is 2.24. The fourth-order valence-electron chi connectivity index (χ4n) is 1.76. The highest BCUT2D eigenvalue weighted by Crippen LogP contribution is 2.20. The number of para-hydroxylation sites is 2. The van der Waals surface area contributed by atoms with E-state index in [1.807, 2.05) is 24.3 Å². The topological polar surface area (TPSA) is 47.7 Å². The fourth-order valence-corrected chi connectivity index (χ4v) is 1.76. The predicted molar refractivity (Wildman–Crippen MR) is 63.6 cm³/mol. The lowest BCUT2D eigenvalue weighted by atomic mass is 10.3. The second kappa shape index (κ2) is 5.18. The SMILES string of the molecule is CN1CCOC(COc2ccccc2N)C1. The number of anilines is 1. The Bertz CT molecular complexity index is 344. The number of morpholine rings is 1. The van der Waals surface area contributed by atoms with Gasteiger partial charge in [-0.15, -0.1) is 0 Å². The van der Waals surface area contributed by atoms with E-state index in [1.54, 1.807) is 0 Å². The summed E-state index contributed by atoms with van der Waals surface area (Å²) in [7, 11) is 2.09. The molecule has 1 saturated heterocycles. The smallest absolute Gasteiger partial charge is 0.142 e. The van der Waals surface area contributed by atoms with Crippen LogP contribution < -0.4 is 10.5 Å². The highest BCUT2D eigenvalue weighted by atomic mass is 16.5. The molecule has 1 fully saturated rings. The number of rotatable bonds is 3. The number of hydrogen-bond acceptors (Lipinski definition) is 4. The monoisotopic (exact) mass is 222 g/mol. The Morgan fingerprint density at radius 3 is 3.06 bits per heavy atom. The molecule has 1 aromatic carbocycles. The van der Waals surface area contributed by atoms with Gasteiger partial charge >= 0.3 is 0 Å². The van der Waals surface area contributed by atoms with Gasteiger partial charge in [0.15, 0.2) is 0 Å². The van der Waals surface area contributed by atoms with E-state index in [1.165, 1.54) is 0 Å². The molecule has 1 aliphatic heterocycles. The van der Waals surface area contributed by atoms with Crippen molar-refractivity contribution in [2.45, 2.75) is 6.10 Å². The molecule has 16 heavy (non-hydrogen) atoms. The Hall–Kier alpha value is -1.26. The lowest BCUT2D eigenvalue weighted by molar-refractivity contribution is -0.0402. The van der Waals surface area contributed by atoms with Crippen LogP contribution in [0.1, 0.15) is 0 Å². The molecule has 0 aromatic heterocycles. The molecule has 0 radical (unpaired) electrons. The van der Waals surface area contributed by atoms with Gasteiger partial charge in [0.05, 0.1) is 12.3 Å². The zero-order valence-corrected chi connectivity index (χ0v) is 9.56. The first kappa shape index (κ1) is 11.2. The quantitative estimate of drug-likeness (QED) is 0.774. The number of nitrogens with two attached hydrogens (primary N) is 1. The van der Waals surface area contributed by atoms with Crippen LogP contribution in [0.3, 0.4) is 0 Å². The van der Waals surface area contributed by atoms with Gasteiger partial charge in [-0.25, -0.2) is 0 Å². The molecule has 4 heteroatoms. The molecule has 88 valence electrons. The summed E-state index contributed by atoms with van der Waals surface area (Å²) in [6, 6.07) is 7.53. The second-order valence-electron chi connectivity index (χ2n) is 4.10. The number of nitrogen functional groups attached to an aromatic ring is 1. The number of hydrogen-bond donors (Lipinski definition) is 1. The first-order valence-electron chi connectivity index (χ1n) is 5.53. The van der Waals surface area contributed by atoms with Crippen LogP contribution in [0.15, 0.2) is 24.3 Å². The molecule has 0 bridgehead atoms. The summed E-state index contributed by atoms with van der Waals surface area (Å²) in [5.41, 5.74) is 6.46. The minimum atomic E-state index is 0.137. The van der Waals surface area contributed by atoms with Gasteiger partial charge in [0, 0.05) is 13.1 Å². The molecule has 1 aliphatic rings. The maximum atomic E-state index is 5.79. The Morgan fingerprint density at radius 2 is 2.31 bits per heavy atom. The summed E-state index contributed by atoms with van der Waals surface area (Å²) in [6.07, 6.45) is 0.137. The van der Waals surface area contributed by atoms with Crippen molar-refractivity contribution in [3.8, 4) is 5.75 Å². The standard InChI is InChI=1S/C12H18N2O2/c1-14-6-7-15-10(8-14)9-16-12-5-3-2-4-11(12)13/h2-5,10H,6-9,13H2,1H3. The third kappa shape index (κ3) is 2.87. The van der Waals surface area contributed by atoms with Crippen molar-refractivity contribution in [3.63, 3.8) is 0 Å². The third-order valence-electron chi connectivity index (χ3n) is 2.69. The van der Waals surface area contributed by atoms with Crippen molar-refractivity contribution in [2.75, 3.05) is 39.1 Å². The Morgan fingerprint density at radius 1 is 1.50 bits per heavy atom. The summed E-state index contributed by atoms with van der Waals surface area (Å²) in [5.74, 6) is 0.735. The highest BCUT2D eigenvalue weighted by Gasteiger charge is 2.18. The van der Waals surface area contributed by atoms with Crippen LogP contribution in [0.25, 0.3) is 0 Å². The van der Waals surface area contributed by atoms with Crippen molar-refractivity contribution >= 4 is 5.69 Å². The van der Waals surface area contributed by atoms with Gasteiger partial charge in [0.1, 0.15) is 18.5 Å². The second-order valence-corrected chi connectivity index (χ2v) is 4.10. The molecule has 2 rings (SSSR count). The van der Waals surface area contributed by atoms with Gasteiger partial charge in [-0.1, -0.05) is 12.1 Å². The first-order chi connectivity index (χ1) is 7.75. The van der Waals surface area contributed by atoms with Crippen molar-refractivity contribution in [1.29, 1.82) is 0 Å². The molecule has 0 amide bonds. The van der Waals surface area contributed by atoms with Gasteiger partial charge in [0.2, 0.25) is 0 Å². The van der Waals surface area contributed by atoms with Crippen molar-refractivity contribution in [2.24, 2.45) is 0 Å². The van der Waals surface area contributed by atoms with Crippen LogP contribution in [-0.4, -0.2) is 44.4 Å². The normalized spacial score (nSPS) is 21.9. The zero-order chi connectivity index (χ0) is 11.4. The maximum absolute atomic E-state index is 5.79. The first-order valence-corrected chi connectivity index (χ1v) is 5.53. The molecule has 0 saturated carbocycles. The van der Waals surface area contributed by atoms with E-state index in [2.05, 4.69) is 11.9 Å². The lowest BCUT2D eigenvalue weighted by Gasteiger charge is -2.29. The largest absolute Gasteiger partial charge is 0.489 e. The average molecular weight is 222 g/mol. The zero-order valence-electron chi connectivity index (χ0n) is 9.56. The van der Waals surface area contributed by atoms with Crippen molar-refractivity contribution in [1.82, 2.24) is 4.90 Å². The summed E-state index contributed by atoms with van der Waals surface area (Å²) < 4.78 is 11.3. The molecule has 2 N–H and O–H groups in total. The number of benzene rings is 1. The molecule has 1 aromatic rings. The number of likely N-dealkylation sites (N-methyl/N-ethyl adjacent to an activating group) is 1. The van der Waals surface area contributed by atoms with Crippen LogP contribution in [0, 0.1) is 0 Å². The maximum Gasteiger partial charge on any atom is 0.142 e. The highest BCUT2D eigenvalue weighted by molar-refractivity contribution is 5.51. The average Bonchev–Trinajstić information content (AvgIpc) is 2.28. The number of ether oxygens (including phenoxy) is 2. The van der Waals surface area contributed by atoms with Gasteiger partial charge in [-0.3, -0.25) is 0 Å². The molecular formula is C12H18N2O2. The summed E-state index contributed by atoms with van der Waals surface area (Å²) in [6.45, 7) is 3.23. The molecule has 4 nitrogen and oxygen atoms in total. The van der Waals surface area contributed by atoms with E-state index >= 15 is 0 Å². The van der Waals surface area contributed by atoms with Crippen LogP contribution >= 0.6 is 0 Å². The van der Waals surface area contributed by atoms with Crippen LogP contribution in [0.4, 0.5) is 5.69 Å². The predicted octanol–water partition coefficient (Wildman–Crippen LogP) is 0.978. The van der Waals surface area contributed by atoms with E-state index in [0.29, 0.717) is 12.3 Å². The van der Waals surface area contributed by atoms with Crippen molar-refractivity contribution < 1.29 is 9.47 Å². The van der Waals surface area contributed by atoms with Gasteiger partial charge in [-0.2, -0.15) is 0 Å². The minimum Gasteiger partial charge on any atom is -0.489 e. The van der Waals surface area contributed by atoms with Gasteiger partial charge < -0.3 is 20.1 Å². The van der Waals surface area contributed by atoms with Crippen LogP contribution in [-0.2, 0) is 4.74 Å². The van der Waals surface area contributed by atoms with Gasteiger partial charge in [0.25, 0.3) is 0 Å². The van der Waals surface area contributed by atoms with Crippen LogP contribution in [0.5, 0.6) is 5.75 Å². The Labute approximate surface area is 95.9 Å². The molecule has 1 atom stereocenters.